The van der Waals surface area contributed by atoms with Crippen LogP contribution in [0.3, 0.4) is 0 Å². The molecule has 2 N–H and O–H groups in total. The predicted octanol–water partition coefficient (Wildman–Crippen LogP) is 0.759. The lowest BCUT2D eigenvalue weighted by Crippen LogP contribution is -2.46. The van der Waals surface area contributed by atoms with Crippen LogP contribution in [-0.2, 0) is 4.74 Å². The van der Waals surface area contributed by atoms with Crippen molar-refractivity contribution in [3.05, 3.63) is 0 Å². The Hall–Kier alpha value is -0.0800. The summed E-state index contributed by atoms with van der Waals surface area (Å²) >= 11 is 0. The third kappa shape index (κ3) is 1.43. The zero-order valence-corrected chi connectivity index (χ0v) is 6.13. The Balaban J connectivity index is 2.23. The first-order valence-corrected chi connectivity index (χ1v) is 3.59. The van der Waals surface area contributed by atoms with Crippen molar-refractivity contribution in [1.82, 2.24) is 0 Å². The Morgan fingerprint density at radius 3 is 2.22 bits per heavy atom. The first kappa shape index (κ1) is 7.03. The molecule has 0 aliphatic carbocycles. The highest BCUT2D eigenvalue weighted by Crippen LogP contribution is 2.18. The largest absolute Gasteiger partial charge is 0.376 e. The molecule has 2 heteroatoms. The van der Waals surface area contributed by atoms with Gasteiger partial charge in [0.05, 0.1) is 6.10 Å². The number of hydrogen-bond acceptors (Lipinski definition) is 2. The molecular formula is C7H15NO. The molecule has 1 saturated heterocycles. The number of rotatable bonds is 2. The van der Waals surface area contributed by atoms with Gasteiger partial charge in [-0.1, -0.05) is 13.8 Å². The Kier molecular flexibility index (Phi) is 2.09. The average Bonchev–Trinajstić information content (AvgIpc) is 1.60. The zero-order chi connectivity index (χ0) is 6.85. The van der Waals surface area contributed by atoms with E-state index in [0.29, 0.717) is 12.0 Å². The molecule has 1 aliphatic rings. The minimum atomic E-state index is 0.249. The molecule has 0 aromatic heterocycles. The van der Waals surface area contributed by atoms with Crippen molar-refractivity contribution in [3.63, 3.8) is 0 Å². The van der Waals surface area contributed by atoms with Gasteiger partial charge < -0.3 is 10.5 Å². The van der Waals surface area contributed by atoms with E-state index >= 15 is 0 Å². The quantitative estimate of drug-likeness (QED) is 0.597. The molecule has 0 saturated carbocycles. The molecule has 54 valence electrons. The second kappa shape index (κ2) is 2.67. The summed E-state index contributed by atoms with van der Waals surface area (Å²) in [5, 5.41) is 0. The first-order chi connectivity index (χ1) is 4.22. The summed E-state index contributed by atoms with van der Waals surface area (Å²) in [6.45, 7) is 5.17. The summed E-state index contributed by atoms with van der Waals surface area (Å²) in [6, 6.07) is 0.249. The highest BCUT2D eigenvalue weighted by molar-refractivity contribution is 4.80. The van der Waals surface area contributed by atoms with Gasteiger partial charge in [0, 0.05) is 12.6 Å². The van der Waals surface area contributed by atoms with Crippen molar-refractivity contribution < 1.29 is 4.74 Å². The Bertz CT molecular complexity index is 88.9. The van der Waals surface area contributed by atoms with Crippen molar-refractivity contribution in [2.24, 2.45) is 11.7 Å². The summed E-state index contributed by atoms with van der Waals surface area (Å²) in [7, 11) is 0. The van der Waals surface area contributed by atoms with E-state index in [9.17, 15) is 0 Å². The molecule has 0 aromatic carbocycles. The maximum atomic E-state index is 5.80. The van der Waals surface area contributed by atoms with Gasteiger partial charge >= 0.3 is 0 Å². The highest BCUT2D eigenvalue weighted by Gasteiger charge is 2.26. The summed E-state index contributed by atoms with van der Waals surface area (Å²) in [6.07, 6.45) is 1.50. The molecule has 2 unspecified atom stereocenters. The number of nitrogens with two attached hydrogens (primary N) is 1. The van der Waals surface area contributed by atoms with Gasteiger partial charge in [0.15, 0.2) is 0 Å². The molecule has 2 nitrogen and oxygen atoms in total. The van der Waals surface area contributed by atoms with Crippen LogP contribution in [0.1, 0.15) is 20.3 Å². The smallest absolute Gasteiger partial charge is 0.0750 e. The topological polar surface area (TPSA) is 35.2 Å². The first-order valence-electron chi connectivity index (χ1n) is 3.59. The standard InChI is InChI=1S/C7H15NO/c1-5(2)7(8)6-3-4-9-6/h5-7H,3-4,8H2,1-2H3. The molecule has 0 aromatic rings. The molecule has 1 fully saturated rings. The molecule has 1 rings (SSSR count). The van der Waals surface area contributed by atoms with Gasteiger partial charge in [-0.05, 0) is 12.3 Å². The van der Waals surface area contributed by atoms with E-state index in [-0.39, 0.29) is 6.04 Å². The number of ether oxygens (including phenoxy) is 1. The van der Waals surface area contributed by atoms with Crippen LogP contribution < -0.4 is 5.73 Å². The van der Waals surface area contributed by atoms with Crippen LogP contribution >= 0.6 is 0 Å². The van der Waals surface area contributed by atoms with Gasteiger partial charge in [-0.2, -0.15) is 0 Å². The fraction of sp³-hybridized carbons (Fsp3) is 1.00. The van der Waals surface area contributed by atoms with E-state index in [0.717, 1.165) is 13.0 Å². The summed E-state index contributed by atoms with van der Waals surface area (Å²) in [5.41, 5.74) is 5.80. The minimum Gasteiger partial charge on any atom is -0.376 e. The molecule has 0 amide bonds. The molecule has 9 heavy (non-hydrogen) atoms. The van der Waals surface area contributed by atoms with Crippen LogP contribution in [0.2, 0.25) is 0 Å². The molecular weight excluding hydrogens is 114 g/mol. The second-order valence-electron chi connectivity index (χ2n) is 3.02. The Morgan fingerprint density at radius 1 is 1.56 bits per heavy atom. The maximum absolute atomic E-state index is 5.80. The summed E-state index contributed by atoms with van der Waals surface area (Å²) in [5.74, 6) is 0.551. The molecule has 2 atom stereocenters. The van der Waals surface area contributed by atoms with Crippen molar-refractivity contribution in [1.29, 1.82) is 0 Å². The lowest BCUT2D eigenvalue weighted by atomic mass is 9.95. The molecule has 0 radical (unpaired) electrons. The third-order valence-corrected chi connectivity index (χ3v) is 1.93. The van der Waals surface area contributed by atoms with Crippen LogP contribution in [-0.4, -0.2) is 18.8 Å². The lowest BCUT2D eigenvalue weighted by molar-refractivity contribution is -0.0718. The monoisotopic (exact) mass is 129 g/mol. The highest BCUT2D eigenvalue weighted by atomic mass is 16.5. The van der Waals surface area contributed by atoms with E-state index in [1.54, 1.807) is 0 Å². The van der Waals surface area contributed by atoms with Crippen molar-refractivity contribution in [2.45, 2.75) is 32.4 Å². The summed E-state index contributed by atoms with van der Waals surface area (Å²) in [4.78, 5) is 0. The van der Waals surface area contributed by atoms with Gasteiger partial charge in [-0.3, -0.25) is 0 Å². The Morgan fingerprint density at radius 2 is 2.11 bits per heavy atom. The zero-order valence-electron chi connectivity index (χ0n) is 6.13. The van der Waals surface area contributed by atoms with Crippen LogP contribution in [0, 0.1) is 5.92 Å². The van der Waals surface area contributed by atoms with Crippen LogP contribution in [0.5, 0.6) is 0 Å². The van der Waals surface area contributed by atoms with Gasteiger partial charge in [0.25, 0.3) is 0 Å². The second-order valence-corrected chi connectivity index (χ2v) is 3.02. The number of hydrogen-bond donors (Lipinski definition) is 1. The maximum Gasteiger partial charge on any atom is 0.0750 e. The molecule has 0 spiro atoms. The van der Waals surface area contributed by atoms with E-state index in [1.165, 1.54) is 0 Å². The van der Waals surface area contributed by atoms with Gasteiger partial charge in [-0.15, -0.1) is 0 Å². The van der Waals surface area contributed by atoms with Crippen molar-refractivity contribution in [2.75, 3.05) is 6.61 Å². The predicted molar refractivity (Wildman–Crippen MR) is 37.2 cm³/mol. The van der Waals surface area contributed by atoms with E-state index in [1.807, 2.05) is 0 Å². The Labute approximate surface area is 56.4 Å². The van der Waals surface area contributed by atoms with E-state index in [4.69, 9.17) is 10.5 Å². The van der Waals surface area contributed by atoms with Gasteiger partial charge in [0.2, 0.25) is 0 Å². The average molecular weight is 129 g/mol. The normalized spacial score (nSPS) is 30.0. The third-order valence-electron chi connectivity index (χ3n) is 1.93. The lowest BCUT2D eigenvalue weighted by Gasteiger charge is -2.33. The SMILES string of the molecule is CC(C)C(N)C1CCO1. The minimum absolute atomic E-state index is 0.249. The van der Waals surface area contributed by atoms with E-state index < -0.39 is 0 Å². The fourth-order valence-corrected chi connectivity index (χ4v) is 0.987. The van der Waals surface area contributed by atoms with E-state index in [2.05, 4.69) is 13.8 Å². The molecule has 0 bridgehead atoms. The van der Waals surface area contributed by atoms with Crippen LogP contribution in [0.15, 0.2) is 0 Å². The van der Waals surface area contributed by atoms with Crippen molar-refractivity contribution in [3.8, 4) is 0 Å². The molecule has 1 aliphatic heterocycles. The van der Waals surface area contributed by atoms with Crippen LogP contribution in [0.4, 0.5) is 0 Å². The van der Waals surface area contributed by atoms with Crippen LogP contribution in [0.25, 0.3) is 0 Å². The van der Waals surface area contributed by atoms with Gasteiger partial charge in [0.1, 0.15) is 0 Å². The van der Waals surface area contributed by atoms with Crippen molar-refractivity contribution >= 4 is 0 Å². The van der Waals surface area contributed by atoms with Gasteiger partial charge in [-0.25, -0.2) is 0 Å². The fourth-order valence-electron chi connectivity index (χ4n) is 0.987. The molecule has 1 heterocycles. The summed E-state index contributed by atoms with van der Waals surface area (Å²) < 4.78 is 5.23.